The van der Waals surface area contributed by atoms with E-state index >= 15 is 0 Å². The summed E-state index contributed by atoms with van der Waals surface area (Å²) >= 11 is 0. The Balaban J connectivity index is 1.87. The minimum Gasteiger partial charge on any atom is -0.370 e. The highest BCUT2D eigenvalue weighted by atomic mass is 19.1. The highest BCUT2D eigenvalue weighted by Crippen LogP contribution is 2.31. The molecule has 1 aliphatic rings. The number of aryl methyl sites for hydroxylation is 1. The van der Waals surface area contributed by atoms with E-state index in [1.807, 2.05) is 6.07 Å². The third kappa shape index (κ3) is 3.03. The van der Waals surface area contributed by atoms with Crippen LogP contribution in [0.25, 0.3) is 0 Å². The summed E-state index contributed by atoms with van der Waals surface area (Å²) in [5.74, 6) is -0.432. The molecule has 1 unspecified atom stereocenters. The van der Waals surface area contributed by atoms with Crippen LogP contribution in [0.1, 0.15) is 36.4 Å². The largest absolute Gasteiger partial charge is 0.370 e. The normalized spacial score (nSPS) is 18.1. The van der Waals surface area contributed by atoms with Crippen molar-refractivity contribution in [1.29, 1.82) is 0 Å². The molecule has 92 valence electrons. The number of halogens is 1. The van der Waals surface area contributed by atoms with Gasteiger partial charge in [0.05, 0.1) is 0 Å². The van der Waals surface area contributed by atoms with Gasteiger partial charge in [-0.2, -0.15) is 0 Å². The van der Waals surface area contributed by atoms with Gasteiger partial charge in [0.1, 0.15) is 5.82 Å². The number of carbonyl (C=O) groups is 1. The van der Waals surface area contributed by atoms with E-state index in [1.165, 1.54) is 11.6 Å². The first-order valence-corrected chi connectivity index (χ1v) is 5.97. The number of rotatable bonds is 5. The van der Waals surface area contributed by atoms with E-state index in [4.69, 9.17) is 5.73 Å². The summed E-state index contributed by atoms with van der Waals surface area (Å²) in [7, 11) is 0. The minimum atomic E-state index is -0.263. The molecule has 2 rings (SSSR count). The van der Waals surface area contributed by atoms with E-state index in [0.29, 0.717) is 12.5 Å². The number of benzene rings is 1. The molecule has 3 nitrogen and oxygen atoms in total. The van der Waals surface area contributed by atoms with Gasteiger partial charge in [-0.25, -0.2) is 4.39 Å². The van der Waals surface area contributed by atoms with E-state index in [0.717, 1.165) is 31.4 Å². The molecule has 1 amide bonds. The molecule has 0 aliphatic heterocycles. The van der Waals surface area contributed by atoms with E-state index in [9.17, 15) is 9.18 Å². The molecule has 17 heavy (non-hydrogen) atoms. The molecular formula is C13H17FN2O. The molecule has 0 aromatic heterocycles. The topological polar surface area (TPSA) is 55.1 Å². The second-order valence-corrected chi connectivity index (χ2v) is 4.46. The predicted molar refractivity (Wildman–Crippen MR) is 63.9 cm³/mol. The highest BCUT2D eigenvalue weighted by Gasteiger charge is 2.21. The van der Waals surface area contributed by atoms with Crippen LogP contribution in [0.3, 0.4) is 0 Å². The molecule has 1 atom stereocenters. The zero-order valence-electron chi connectivity index (χ0n) is 9.71. The lowest BCUT2D eigenvalue weighted by molar-refractivity contribution is -0.118. The second kappa shape index (κ2) is 5.27. The first-order valence-electron chi connectivity index (χ1n) is 5.97. The number of hydrogen-bond donors (Lipinski definition) is 2. The van der Waals surface area contributed by atoms with E-state index < -0.39 is 0 Å². The van der Waals surface area contributed by atoms with Crippen LogP contribution >= 0.6 is 0 Å². The third-order valence-electron chi connectivity index (χ3n) is 3.17. The third-order valence-corrected chi connectivity index (χ3v) is 3.17. The lowest BCUT2D eigenvalue weighted by atomic mass is 10.1. The van der Waals surface area contributed by atoms with Gasteiger partial charge in [-0.1, -0.05) is 6.07 Å². The molecule has 0 fully saturated rings. The van der Waals surface area contributed by atoms with Gasteiger partial charge in [-0.05, 0) is 49.1 Å². The van der Waals surface area contributed by atoms with E-state index in [2.05, 4.69) is 5.32 Å². The maximum absolute atomic E-state index is 13.0. The van der Waals surface area contributed by atoms with Crippen molar-refractivity contribution in [2.45, 2.75) is 31.7 Å². The van der Waals surface area contributed by atoms with Crippen LogP contribution in [0.15, 0.2) is 18.2 Å². The molecule has 0 bridgehead atoms. The second-order valence-electron chi connectivity index (χ2n) is 4.46. The molecule has 0 saturated heterocycles. The quantitative estimate of drug-likeness (QED) is 0.764. The van der Waals surface area contributed by atoms with Gasteiger partial charge in [0.25, 0.3) is 0 Å². The first kappa shape index (κ1) is 12.0. The van der Waals surface area contributed by atoms with Crippen molar-refractivity contribution in [3.8, 4) is 0 Å². The number of fused-ring (bicyclic) bond motifs is 1. The summed E-state index contributed by atoms with van der Waals surface area (Å²) in [6.45, 7) is 0.768. The van der Waals surface area contributed by atoms with Gasteiger partial charge < -0.3 is 11.1 Å². The van der Waals surface area contributed by atoms with Crippen molar-refractivity contribution in [3.05, 3.63) is 35.1 Å². The van der Waals surface area contributed by atoms with Crippen molar-refractivity contribution in [1.82, 2.24) is 5.32 Å². The van der Waals surface area contributed by atoms with Crippen molar-refractivity contribution in [2.75, 3.05) is 6.54 Å². The molecule has 4 heteroatoms. The van der Waals surface area contributed by atoms with Crippen molar-refractivity contribution in [3.63, 3.8) is 0 Å². The molecule has 0 heterocycles. The van der Waals surface area contributed by atoms with Gasteiger partial charge >= 0.3 is 0 Å². The molecule has 0 saturated carbocycles. The number of carbonyl (C=O) groups excluding carboxylic acids is 1. The maximum Gasteiger partial charge on any atom is 0.217 e. The summed E-state index contributed by atoms with van der Waals surface area (Å²) in [6, 6.07) is 5.25. The SMILES string of the molecule is NC(=O)CCCNC1CCc2cc(F)ccc21. The number of nitrogens with one attached hydrogen (secondary N) is 1. The van der Waals surface area contributed by atoms with E-state index in [-0.39, 0.29) is 11.7 Å². The number of primary amides is 1. The Morgan fingerprint density at radius 2 is 2.35 bits per heavy atom. The van der Waals surface area contributed by atoms with Crippen molar-refractivity contribution in [2.24, 2.45) is 5.73 Å². The summed E-state index contributed by atoms with van der Waals surface area (Å²) in [5, 5.41) is 3.38. The van der Waals surface area contributed by atoms with Crippen LogP contribution in [0.5, 0.6) is 0 Å². The fraction of sp³-hybridized carbons (Fsp3) is 0.462. The van der Waals surface area contributed by atoms with Crippen LogP contribution < -0.4 is 11.1 Å². The first-order chi connectivity index (χ1) is 8.16. The Morgan fingerprint density at radius 1 is 1.53 bits per heavy atom. The molecule has 0 radical (unpaired) electrons. The monoisotopic (exact) mass is 236 g/mol. The molecule has 1 aromatic rings. The fourth-order valence-corrected chi connectivity index (χ4v) is 2.34. The lowest BCUT2D eigenvalue weighted by Gasteiger charge is -2.13. The zero-order chi connectivity index (χ0) is 12.3. The molecular weight excluding hydrogens is 219 g/mol. The van der Waals surface area contributed by atoms with Gasteiger partial charge in [0, 0.05) is 12.5 Å². The molecule has 3 N–H and O–H groups in total. The van der Waals surface area contributed by atoms with Gasteiger partial charge in [0.15, 0.2) is 0 Å². The van der Waals surface area contributed by atoms with Crippen LogP contribution in [0.2, 0.25) is 0 Å². The van der Waals surface area contributed by atoms with Crippen molar-refractivity contribution < 1.29 is 9.18 Å². The smallest absolute Gasteiger partial charge is 0.217 e. The van der Waals surface area contributed by atoms with E-state index in [1.54, 1.807) is 6.07 Å². The zero-order valence-corrected chi connectivity index (χ0v) is 9.71. The minimum absolute atomic E-state index is 0.168. The van der Waals surface area contributed by atoms with Crippen LogP contribution in [0, 0.1) is 5.82 Å². The van der Waals surface area contributed by atoms with Crippen LogP contribution in [0.4, 0.5) is 4.39 Å². The predicted octanol–water partition coefficient (Wildman–Crippen LogP) is 1.67. The Bertz CT molecular complexity index is 420. The Hall–Kier alpha value is -1.42. The fourth-order valence-electron chi connectivity index (χ4n) is 2.34. The Labute approximate surface area is 100 Å². The number of hydrogen-bond acceptors (Lipinski definition) is 2. The Morgan fingerprint density at radius 3 is 3.12 bits per heavy atom. The highest BCUT2D eigenvalue weighted by molar-refractivity contribution is 5.73. The standard InChI is InChI=1S/C13H17FN2O/c14-10-4-5-11-9(8-10)3-6-12(11)16-7-1-2-13(15)17/h4-5,8,12,16H,1-3,6-7H2,(H2,15,17). The van der Waals surface area contributed by atoms with Crippen molar-refractivity contribution >= 4 is 5.91 Å². The van der Waals surface area contributed by atoms with Gasteiger partial charge in [-0.3, -0.25) is 4.79 Å². The number of amides is 1. The molecule has 0 spiro atoms. The molecule has 1 aromatic carbocycles. The van der Waals surface area contributed by atoms with Gasteiger partial charge in [-0.15, -0.1) is 0 Å². The average molecular weight is 236 g/mol. The summed E-state index contributed by atoms with van der Waals surface area (Å²) in [5.41, 5.74) is 7.35. The molecule has 1 aliphatic carbocycles. The van der Waals surface area contributed by atoms with Gasteiger partial charge in [0.2, 0.25) is 5.91 Å². The Kier molecular flexibility index (Phi) is 3.74. The number of nitrogens with two attached hydrogens (primary N) is 1. The maximum atomic E-state index is 13.0. The lowest BCUT2D eigenvalue weighted by Crippen LogP contribution is -2.22. The van der Waals surface area contributed by atoms with Crippen LogP contribution in [-0.2, 0) is 11.2 Å². The summed E-state index contributed by atoms with van der Waals surface area (Å²) in [4.78, 5) is 10.6. The summed E-state index contributed by atoms with van der Waals surface area (Å²) in [6.07, 6.45) is 3.08. The summed E-state index contributed by atoms with van der Waals surface area (Å²) < 4.78 is 13.0. The van der Waals surface area contributed by atoms with Crippen LogP contribution in [-0.4, -0.2) is 12.5 Å². The average Bonchev–Trinajstić information content (AvgIpc) is 2.66.